The normalized spacial score (nSPS) is 10.8. The molecule has 0 radical (unpaired) electrons. The summed E-state index contributed by atoms with van der Waals surface area (Å²) in [5.41, 5.74) is 7.31. The fourth-order valence-electron chi connectivity index (χ4n) is 5.67. The van der Waals surface area contributed by atoms with E-state index in [-0.39, 0.29) is 26.2 Å². The summed E-state index contributed by atoms with van der Waals surface area (Å²) in [5.74, 6) is 3.75. The van der Waals surface area contributed by atoms with Gasteiger partial charge in [-0.05, 0) is 49.2 Å². The predicted octanol–water partition coefficient (Wildman–Crippen LogP) is 11.6. The van der Waals surface area contributed by atoms with Crippen LogP contribution in [-0.2, 0) is 26.2 Å². The van der Waals surface area contributed by atoms with Crippen molar-refractivity contribution in [1.82, 2.24) is 0 Å². The fourth-order valence-corrected chi connectivity index (χ4v) is 5.67. The molecule has 8 aromatic rings. The fraction of sp³-hybridized carbons (Fsp3) is 0.0500. The minimum absolute atomic E-state index is 0. The molecule has 0 saturated carbocycles. The van der Waals surface area contributed by atoms with Crippen LogP contribution < -0.4 is 0 Å². The van der Waals surface area contributed by atoms with Crippen LogP contribution in [0.4, 0.5) is 0 Å². The molecule has 2 nitrogen and oxygen atoms in total. The molecule has 3 heteroatoms. The van der Waals surface area contributed by atoms with E-state index in [1.807, 2.05) is 50.2 Å². The molecule has 0 unspecified atom stereocenters. The molecular formula is C40H30O2Zr. The molecule has 2 aromatic heterocycles. The summed E-state index contributed by atoms with van der Waals surface area (Å²) in [4.78, 5) is 0. The molecule has 43 heavy (non-hydrogen) atoms. The second-order valence-corrected chi connectivity index (χ2v) is 10.7. The smallest absolute Gasteiger partial charge is 0.496 e. The molecule has 8 rings (SSSR count). The van der Waals surface area contributed by atoms with Gasteiger partial charge in [-0.2, -0.15) is 0 Å². The van der Waals surface area contributed by atoms with Crippen LogP contribution in [0.1, 0.15) is 11.5 Å². The summed E-state index contributed by atoms with van der Waals surface area (Å²) >= 11 is 0. The van der Waals surface area contributed by atoms with Crippen molar-refractivity contribution in [2.75, 3.05) is 0 Å². The number of benzene rings is 4. The van der Waals surface area contributed by atoms with Gasteiger partial charge in [0.15, 0.2) is 0 Å². The van der Waals surface area contributed by atoms with Gasteiger partial charge in [0.2, 0.25) is 0 Å². The maximum absolute atomic E-state index is 5.74. The van der Waals surface area contributed by atoms with Gasteiger partial charge in [-0.25, -0.2) is 0 Å². The third kappa shape index (κ3) is 5.92. The molecule has 0 fully saturated rings. The summed E-state index contributed by atoms with van der Waals surface area (Å²) in [6.07, 6.45) is 0. The van der Waals surface area contributed by atoms with Crippen molar-refractivity contribution in [2.24, 2.45) is 0 Å². The second kappa shape index (κ2) is 12.4. The largest absolute Gasteiger partial charge is 2.00 e. The van der Waals surface area contributed by atoms with Crippen molar-refractivity contribution >= 4 is 21.5 Å². The van der Waals surface area contributed by atoms with Gasteiger partial charge in [0.1, 0.15) is 0 Å². The average molecular weight is 634 g/mol. The molecule has 0 N–H and O–H groups in total. The molecule has 0 amide bonds. The topological polar surface area (TPSA) is 26.3 Å². The summed E-state index contributed by atoms with van der Waals surface area (Å²) in [5, 5.41) is 5.04. The molecule has 6 aromatic carbocycles. The molecule has 0 spiro atoms. The number of rotatable bonds is 4. The maximum Gasteiger partial charge on any atom is 2.00 e. The van der Waals surface area contributed by atoms with E-state index in [4.69, 9.17) is 8.83 Å². The zero-order chi connectivity index (χ0) is 28.5. The third-order valence-corrected chi connectivity index (χ3v) is 7.72. The Balaban J connectivity index is 0.000000150. The predicted molar refractivity (Wildman–Crippen MR) is 175 cm³/mol. The van der Waals surface area contributed by atoms with E-state index < -0.39 is 0 Å². The monoisotopic (exact) mass is 632 g/mol. The summed E-state index contributed by atoms with van der Waals surface area (Å²) < 4.78 is 11.5. The van der Waals surface area contributed by atoms with Gasteiger partial charge in [-0.1, -0.05) is 107 Å². The Labute approximate surface area is 271 Å². The van der Waals surface area contributed by atoms with Gasteiger partial charge in [0.05, 0.1) is 23.0 Å². The van der Waals surface area contributed by atoms with E-state index in [2.05, 4.69) is 109 Å². The quantitative estimate of drug-likeness (QED) is 0.180. The van der Waals surface area contributed by atoms with Crippen LogP contribution in [0.2, 0.25) is 0 Å². The molecule has 0 saturated heterocycles. The molecule has 0 aliphatic carbocycles. The van der Waals surface area contributed by atoms with E-state index in [9.17, 15) is 0 Å². The Morgan fingerprint density at radius 3 is 1.23 bits per heavy atom. The van der Waals surface area contributed by atoms with Crippen LogP contribution in [0.3, 0.4) is 0 Å². The number of hydrogen-bond donors (Lipinski definition) is 0. The van der Waals surface area contributed by atoms with E-state index in [0.717, 1.165) is 34.2 Å². The van der Waals surface area contributed by atoms with Crippen molar-refractivity contribution in [3.05, 3.63) is 157 Å². The van der Waals surface area contributed by atoms with Crippen LogP contribution >= 0.6 is 0 Å². The number of fused-ring (bicyclic) bond motifs is 2. The van der Waals surface area contributed by atoms with Crippen LogP contribution in [-0.4, -0.2) is 0 Å². The Kier molecular flexibility index (Phi) is 8.27. The number of aryl methyl sites for hydroxylation is 2. The Morgan fingerprint density at radius 1 is 0.442 bits per heavy atom. The molecule has 0 atom stereocenters. The van der Waals surface area contributed by atoms with Crippen molar-refractivity contribution in [1.29, 1.82) is 0 Å². The summed E-state index contributed by atoms with van der Waals surface area (Å²) in [6, 6.07) is 50.8. The molecular weight excluding hydrogens is 604 g/mol. The Bertz CT molecular complexity index is 1950. The van der Waals surface area contributed by atoms with Crippen molar-refractivity contribution in [3.8, 4) is 44.9 Å². The van der Waals surface area contributed by atoms with Crippen molar-refractivity contribution < 1.29 is 35.0 Å². The molecule has 2 heterocycles. The molecule has 0 bridgehead atoms. The molecule has 0 aliphatic heterocycles. The van der Waals surface area contributed by atoms with E-state index >= 15 is 0 Å². The van der Waals surface area contributed by atoms with Crippen LogP contribution in [0.25, 0.3) is 66.4 Å². The molecule has 206 valence electrons. The van der Waals surface area contributed by atoms with E-state index in [0.29, 0.717) is 0 Å². The first-order valence-corrected chi connectivity index (χ1v) is 14.3. The van der Waals surface area contributed by atoms with Crippen molar-refractivity contribution in [2.45, 2.75) is 13.8 Å². The van der Waals surface area contributed by atoms with E-state index in [1.54, 1.807) is 0 Å². The zero-order valence-corrected chi connectivity index (χ0v) is 26.6. The van der Waals surface area contributed by atoms with Gasteiger partial charge in [-0.3, -0.25) is 0 Å². The van der Waals surface area contributed by atoms with E-state index in [1.165, 1.54) is 43.8 Å². The third-order valence-electron chi connectivity index (χ3n) is 7.72. The molecule has 0 aliphatic rings. The summed E-state index contributed by atoms with van der Waals surface area (Å²) in [7, 11) is 0. The SMILES string of the molecule is Cc1ccc(-c2cc3c(-c4ccccc4)cccc3[cH-]2)o1.Cc1ccc(-c2cc3c(-c4ccccc4)cccc3[cH-]2)o1.[Zr+2]. The van der Waals surface area contributed by atoms with Crippen molar-refractivity contribution in [3.63, 3.8) is 0 Å². The Hall–Kier alpha value is -4.46. The maximum atomic E-state index is 5.74. The van der Waals surface area contributed by atoms with Crippen LogP contribution in [0.5, 0.6) is 0 Å². The zero-order valence-electron chi connectivity index (χ0n) is 24.2. The number of furan rings is 2. The first kappa shape index (κ1) is 28.7. The van der Waals surface area contributed by atoms with Crippen LogP contribution in [0.15, 0.2) is 154 Å². The average Bonchev–Trinajstić information content (AvgIpc) is 3.83. The van der Waals surface area contributed by atoms with Gasteiger partial charge >= 0.3 is 26.2 Å². The standard InChI is InChI=1S/2C20H15O.Zr/c2*1-14-10-11-20(21-14)17-12-16-8-5-9-18(19(16)13-17)15-6-3-2-4-7-15;/h2*2-13H,1H3;/q2*-1;+2. The second-order valence-electron chi connectivity index (χ2n) is 10.7. The van der Waals surface area contributed by atoms with Gasteiger partial charge in [0.25, 0.3) is 0 Å². The first-order valence-electron chi connectivity index (χ1n) is 14.3. The summed E-state index contributed by atoms with van der Waals surface area (Å²) in [6.45, 7) is 3.95. The number of hydrogen-bond acceptors (Lipinski definition) is 2. The van der Waals surface area contributed by atoms with Gasteiger partial charge in [0, 0.05) is 0 Å². The first-order chi connectivity index (χ1) is 20.6. The minimum Gasteiger partial charge on any atom is -0.496 e. The van der Waals surface area contributed by atoms with Crippen LogP contribution in [0, 0.1) is 13.8 Å². The minimum atomic E-state index is 0. The van der Waals surface area contributed by atoms with Gasteiger partial charge in [-0.15, -0.1) is 57.9 Å². The van der Waals surface area contributed by atoms with Gasteiger partial charge < -0.3 is 8.83 Å². The Morgan fingerprint density at radius 2 is 0.860 bits per heavy atom.